The summed E-state index contributed by atoms with van der Waals surface area (Å²) in [5, 5.41) is 6.09. The Morgan fingerprint density at radius 2 is 2.04 bits per heavy atom. The molecule has 2 aromatic carbocycles. The van der Waals surface area contributed by atoms with Crippen molar-refractivity contribution in [2.24, 2.45) is 0 Å². The molecule has 1 unspecified atom stereocenters. The van der Waals surface area contributed by atoms with Gasteiger partial charge in [0.1, 0.15) is 11.8 Å². The molecule has 2 aromatic rings. The Kier molecular flexibility index (Phi) is 4.93. The van der Waals surface area contributed by atoms with E-state index in [2.05, 4.69) is 22.8 Å². The van der Waals surface area contributed by atoms with Crippen molar-refractivity contribution in [1.29, 1.82) is 0 Å². The fourth-order valence-electron chi connectivity index (χ4n) is 2.91. The topological polar surface area (TPSA) is 50.4 Å². The molecule has 120 valence electrons. The lowest BCUT2D eigenvalue weighted by molar-refractivity contribution is -0.122. The number of hydrogen-bond acceptors (Lipinski definition) is 3. The van der Waals surface area contributed by atoms with Crippen LogP contribution in [0.1, 0.15) is 22.7 Å². The molecule has 0 aliphatic carbocycles. The maximum atomic E-state index is 12.1. The second kappa shape index (κ2) is 7.29. The van der Waals surface area contributed by atoms with Gasteiger partial charge in [0.05, 0.1) is 6.61 Å². The Morgan fingerprint density at radius 3 is 2.83 bits per heavy atom. The second-order valence-electron chi connectivity index (χ2n) is 5.70. The zero-order chi connectivity index (χ0) is 16.1. The van der Waals surface area contributed by atoms with Crippen molar-refractivity contribution >= 4 is 5.91 Å². The number of carbonyl (C=O) groups is 1. The molecule has 2 N–H and O–H groups in total. The van der Waals surface area contributed by atoms with Gasteiger partial charge in [-0.05, 0) is 29.2 Å². The number of rotatable bonds is 6. The molecule has 3 rings (SSSR count). The fourth-order valence-corrected chi connectivity index (χ4v) is 2.91. The first-order chi connectivity index (χ1) is 11.3. The van der Waals surface area contributed by atoms with Crippen molar-refractivity contribution in [3.63, 3.8) is 0 Å². The summed E-state index contributed by atoms with van der Waals surface area (Å²) >= 11 is 0. The van der Waals surface area contributed by atoms with Crippen molar-refractivity contribution in [3.05, 3.63) is 65.2 Å². The van der Waals surface area contributed by atoms with Gasteiger partial charge in [0.2, 0.25) is 5.91 Å². The maximum absolute atomic E-state index is 12.1. The first kappa shape index (κ1) is 15.6. The molecule has 1 atom stereocenters. The maximum Gasteiger partial charge on any atom is 0.241 e. The largest absolute Gasteiger partial charge is 0.493 e. The minimum atomic E-state index is -0.320. The van der Waals surface area contributed by atoms with Crippen molar-refractivity contribution < 1.29 is 9.53 Å². The first-order valence-corrected chi connectivity index (χ1v) is 8.02. The van der Waals surface area contributed by atoms with Crippen LogP contribution in [0, 0.1) is 0 Å². The van der Waals surface area contributed by atoms with E-state index < -0.39 is 0 Å². The van der Waals surface area contributed by atoms with Crippen LogP contribution in [0.25, 0.3) is 0 Å². The summed E-state index contributed by atoms with van der Waals surface area (Å²) in [4.78, 5) is 12.1. The number of amides is 1. The van der Waals surface area contributed by atoms with E-state index in [0.717, 1.165) is 37.3 Å². The molecule has 23 heavy (non-hydrogen) atoms. The molecule has 0 spiro atoms. The van der Waals surface area contributed by atoms with Gasteiger partial charge < -0.3 is 15.4 Å². The third kappa shape index (κ3) is 3.71. The van der Waals surface area contributed by atoms with Gasteiger partial charge >= 0.3 is 0 Å². The average molecular weight is 310 g/mol. The monoisotopic (exact) mass is 310 g/mol. The third-order valence-electron chi connectivity index (χ3n) is 4.16. The zero-order valence-electron chi connectivity index (χ0n) is 13.3. The smallest absolute Gasteiger partial charge is 0.241 e. The molecular weight excluding hydrogens is 288 g/mol. The SMILES string of the molecule is CNC(=O)C(NCCc1ccc2c(c1)CCO2)c1ccccc1. The highest BCUT2D eigenvalue weighted by Crippen LogP contribution is 2.26. The summed E-state index contributed by atoms with van der Waals surface area (Å²) in [6, 6.07) is 15.8. The number of nitrogens with one attached hydrogen (secondary N) is 2. The van der Waals surface area contributed by atoms with Gasteiger partial charge in [-0.25, -0.2) is 0 Å². The van der Waals surface area contributed by atoms with Gasteiger partial charge in [0.15, 0.2) is 0 Å². The van der Waals surface area contributed by atoms with Gasteiger partial charge in [-0.15, -0.1) is 0 Å². The highest BCUT2D eigenvalue weighted by atomic mass is 16.5. The summed E-state index contributed by atoms with van der Waals surface area (Å²) < 4.78 is 5.53. The lowest BCUT2D eigenvalue weighted by Crippen LogP contribution is -2.36. The van der Waals surface area contributed by atoms with Crippen LogP contribution >= 0.6 is 0 Å². The fraction of sp³-hybridized carbons (Fsp3) is 0.316. The number of carbonyl (C=O) groups excluding carboxylic acids is 1. The van der Waals surface area contributed by atoms with Crippen LogP contribution < -0.4 is 15.4 Å². The molecule has 1 amide bonds. The molecule has 0 bridgehead atoms. The molecule has 0 saturated heterocycles. The minimum absolute atomic E-state index is 0.0152. The van der Waals surface area contributed by atoms with Crippen molar-refractivity contribution in [1.82, 2.24) is 10.6 Å². The molecule has 0 aromatic heterocycles. The van der Waals surface area contributed by atoms with Crippen molar-refractivity contribution in [2.45, 2.75) is 18.9 Å². The molecule has 1 heterocycles. The molecule has 4 nitrogen and oxygen atoms in total. The molecule has 4 heteroatoms. The molecule has 1 aliphatic heterocycles. The quantitative estimate of drug-likeness (QED) is 0.860. The Labute approximate surface area is 136 Å². The van der Waals surface area contributed by atoms with Crippen LogP contribution in [-0.2, 0) is 17.6 Å². The van der Waals surface area contributed by atoms with Gasteiger partial charge in [-0.1, -0.05) is 42.5 Å². The van der Waals surface area contributed by atoms with Crippen LogP contribution in [0.5, 0.6) is 5.75 Å². The predicted octanol–water partition coefficient (Wildman–Crippen LogP) is 2.24. The van der Waals surface area contributed by atoms with Crippen molar-refractivity contribution in [3.8, 4) is 5.75 Å². The van der Waals surface area contributed by atoms with E-state index in [4.69, 9.17) is 4.74 Å². The predicted molar refractivity (Wildman–Crippen MR) is 90.6 cm³/mol. The van der Waals surface area contributed by atoms with Crippen LogP contribution in [0.2, 0.25) is 0 Å². The third-order valence-corrected chi connectivity index (χ3v) is 4.16. The van der Waals surface area contributed by atoms with Crippen molar-refractivity contribution in [2.75, 3.05) is 20.2 Å². The number of likely N-dealkylation sites (N-methyl/N-ethyl adjacent to an activating group) is 1. The Morgan fingerprint density at radius 1 is 1.22 bits per heavy atom. The number of ether oxygens (including phenoxy) is 1. The minimum Gasteiger partial charge on any atom is -0.493 e. The van der Waals surface area contributed by atoms with Crippen LogP contribution in [0.3, 0.4) is 0 Å². The Bertz CT molecular complexity index is 670. The summed E-state index contributed by atoms with van der Waals surface area (Å²) in [5.41, 5.74) is 3.54. The number of hydrogen-bond donors (Lipinski definition) is 2. The van der Waals surface area contributed by atoms with Gasteiger partial charge in [-0.3, -0.25) is 4.79 Å². The van der Waals surface area contributed by atoms with Gasteiger partial charge in [-0.2, -0.15) is 0 Å². The lowest BCUT2D eigenvalue weighted by Gasteiger charge is -2.17. The van der Waals surface area contributed by atoms with Gasteiger partial charge in [0.25, 0.3) is 0 Å². The van der Waals surface area contributed by atoms with Crippen LogP contribution in [0.15, 0.2) is 48.5 Å². The van der Waals surface area contributed by atoms with Crippen LogP contribution in [0.4, 0.5) is 0 Å². The van der Waals surface area contributed by atoms with E-state index in [-0.39, 0.29) is 11.9 Å². The Hall–Kier alpha value is -2.33. The van der Waals surface area contributed by atoms with E-state index in [1.807, 2.05) is 36.4 Å². The summed E-state index contributed by atoms with van der Waals surface area (Å²) in [6.45, 7) is 1.52. The van der Waals surface area contributed by atoms with E-state index in [1.54, 1.807) is 7.05 Å². The summed E-state index contributed by atoms with van der Waals surface area (Å²) in [5.74, 6) is 0.993. The van der Waals surface area contributed by atoms with E-state index in [9.17, 15) is 4.79 Å². The first-order valence-electron chi connectivity index (χ1n) is 8.02. The number of benzene rings is 2. The van der Waals surface area contributed by atoms with Gasteiger partial charge in [0, 0.05) is 20.0 Å². The molecular formula is C19H22N2O2. The summed E-state index contributed by atoms with van der Waals surface area (Å²) in [6.07, 6.45) is 1.87. The second-order valence-corrected chi connectivity index (χ2v) is 5.70. The highest BCUT2D eigenvalue weighted by Gasteiger charge is 2.18. The van der Waals surface area contributed by atoms with E-state index in [1.165, 1.54) is 11.1 Å². The van der Waals surface area contributed by atoms with E-state index >= 15 is 0 Å². The molecule has 0 fully saturated rings. The molecule has 0 saturated carbocycles. The lowest BCUT2D eigenvalue weighted by atomic mass is 10.0. The average Bonchev–Trinajstić information content (AvgIpc) is 3.06. The van der Waals surface area contributed by atoms with E-state index in [0.29, 0.717) is 0 Å². The standard InChI is InChI=1S/C19H22N2O2/c1-20-19(22)18(15-5-3-2-4-6-15)21-11-9-14-7-8-17-16(13-14)10-12-23-17/h2-8,13,18,21H,9-12H2,1H3,(H,20,22). The summed E-state index contributed by atoms with van der Waals surface area (Å²) in [7, 11) is 1.67. The highest BCUT2D eigenvalue weighted by molar-refractivity contribution is 5.82. The van der Waals surface area contributed by atoms with Crippen LogP contribution in [-0.4, -0.2) is 26.1 Å². The Balaban J connectivity index is 1.62. The zero-order valence-corrected chi connectivity index (χ0v) is 13.3. The number of fused-ring (bicyclic) bond motifs is 1. The normalized spacial score (nSPS) is 14.0. The molecule has 1 aliphatic rings. The molecule has 0 radical (unpaired) electrons.